The Morgan fingerprint density at radius 1 is 1.46 bits per heavy atom. The lowest BCUT2D eigenvalue weighted by Crippen LogP contribution is -2.26. The van der Waals surface area contributed by atoms with Gasteiger partial charge in [-0.1, -0.05) is 6.08 Å². The van der Waals surface area contributed by atoms with Crippen molar-refractivity contribution in [2.45, 2.75) is 6.92 Å². The fourth-order valence-electron chi connectivity index (χ4n) is 0.526. The smallest absolute Gasteiger partial charge is 0.331 e. The summed E-state index contributed by atoms with van der Waals surface area (Å²) < 4.78 is 9.08. The van der Waals surface area contributed by atoms with Crippen LogP contribution in [0.4, 0.5) is 0 Å². The third-order valence-corrected chi connectivity index (χ3v) is 1.11. The first kappa shape index (κ1) is 11.6. The van der Waals surface area contributed by atoms with Crippen molar-refractivity contribution in [3.05, 3.63) is 12.2 Å². The van der Waals surface area contributed by atoms with E-state index >= 15 is 0 Å². The van der Waals surface area contributed by atoms with Crippen LogP contribution in [0.1, 0.15) is 6.92 Å². The van der Waals surface area contributed by atoms with Gasteiger partial charge in [0.25, 0.3) is 0 Å². The SMILES string of the molecule is C/C=C/C(=O)NCOCC(=O)OC. The number of hydrogen-bond acceptors (Lipinski definition) is 4. The molecule has 0 radical (unpaired) electrons. The lowest BCUT2D eigenvalue weighted by Gasteiger charge is -2.02. The van der Waals surface area contributed by atoms with Crippen molar-refractivity contribution in [3.63, 3.8) is 0 Å². The molecule has 5 nitrogen and oxygen atoms in total. The maximum Gasteiger partial charge on any atom is 0.331 e. The Labute approximate surface area is 76.7 Å². The standard InChI is InChI=1S/C8H13NO4/c1-3-4-7(10)9-6-13-5-8(11)12-2/h3-4H,5-6H2,1-2H3,(H,9,10)/b4-3+. The van der Waals surface area contributed by atoms with Crippen LogP contribution in [0.15, 0.2) is 12.2 Å². The number of nitrogens with one attached hydrogen (secondary N) is 1. The van der Waals surface area contributed by atoms with Crippen LogP contribution in [0, 0.1) is 0 Å². The molecule has 13 heavy (non-hydrogen) atoms. The maximum absolute atomic E-state index is 10.8. The summed E-state index contributed by atoms with van der Waals surface area (Å²) >= 11 is 0. The molecule has 0 atom stereocenters. The van der Waals surface area contributed by atoms with Crippen molar-refractivity contribution in [2.24, 2.45) is 0 Å². The molecule has 1 amide bonds. The monoisotopic (exact) mass is 187 g/mol. The van der Waals surface area contributed by atoms with E-state index in [1.54, 1.807) is 13.0 Å². The number of esters is 1. The first-order valence-corrected chi connectivity index (χ1v) is 3.75. The van der Waals surface area contributed by atoms with Gasteiger partial charge in [0.15, 0.2) is 0 Å². The van der Waals surface area contributed by atoms with Crippen molar-refractivity contribution >= 4 is 11.9 Å². The summed E-state index contributed by atoms with van der Waals surface area (Å²) in [6, 6.07) is 0. The first-order chi connectivity index (χ1) is 6.20. The van der Waals surface area contributed by atoms with E-state index < -0.39 is 5.97 Å². The minimum atomic E-state index is -0.472. The highest BCUT2D eigenvalue weighted by atomic mass is 16.6. The van der Waals surface area contributed by atoms with Gasteiger partial charge in [0.1, 0.15) is 13.3 Å². The molecule has 0 unspecified atom stereocenters. The van der Waals surface area contributed by atoms with E-state index in [4.69, 9.17) is 4.74 Å². The summed E-state index contributed by atoms with van der Waals surface area (Å²) in [6.45, 7) is 1.57. The van der Waals surface area contributed by atoms with Crippen molar-refractivity contribution in [3.8, 4) is 0 Å². The van der Waals surface area contributed by atoms with E-state index in [1.807, 2.05) is 0 Å². The van der Waals surface area contributed by atoms with E-state index in [1.165, 1.54) is 13.2 Å². The molecular formula is C8H13NO4. The summed E-state index contributed by atoms with van der Waals surface area (Å²) in [5, 5.41) is 2.41. The molecule has 0 spiro atoms. The zero-order valence-electron chi connectivity index (χ0n) is 7.70. The second-order valence-electron chi connectivity index (χ2n) is 2.11. The Balaban J connectivity index is 3.35. The Hall–Kier alpha value is -1.36. The third-order valence-electron chi connectivity index (χ3n) is 1.11. The van der Waals surface area contributed by atoms with E-state index in [2.05, 4.69) is 10.1 Å². The van der Waals surface area contributed by atoms with Gasteiger partial charge < -0.3 is 14.8 Å². The molecule has 0 aromatic carbocycles. The number of methoxy groups -OCH3 is 1. The molecule has 0 aliphatic carbocycles. The van der Waals surface area contributed by atoms with Gasteiger partial charge in [-0.15, -0.1) is 0 Å². The minimum absolute atomic E-state index is 0.00171. The molecule has 0 heterocycles. The van der Waals surface area contributed by atoms with E-state index in [0.29, 0.717) is 0 Å². The van der Waals surface area contributed by atoms with Crippen LogP contribution in [-0.4, -0.2) is 32.3 Å². The number of amides is 1. The van der Waals surface area contributed by atoms with Gasteiger partial charge in [-0.3, -0.25) is 4.79 Å². The highest BCUT2D eigenvalue weighted by Crippen LogP contribution is 1.77. The van der Waals surface area contributed by atoms with E-state index in [9.17, 15) is 9.59 Å². The lowest BCUT2D eigenvalue weighted by atomic mass is 10.5. The van der Waals surface area contributed by atoms with Crippen LogP contribution in [0.2, 0.25) is 0 Å². The molecule has 0 rings (SSSR count). The van der Waals surface area contributed by atoms with Gasteiger partial charge in [0.05, 0.1) is 7.11 Å². The summed E-state index contributed by atoms with van der Waals surface area (Å²) in [5.74, 6) is -0.729. The van der Waals surface area contributed by atoms with E-state index in [-0.39, 0.29) is 19.2 Å². The number of allylic oxidation sites excluding steroid dienone is 1. The van der Waals surface area contributed by atoms with Crippen molar-refractivity contribution < 1.29 is 19.1 Å². The normalized spacial score (nSPS) is 10.0. The summed E-state index contributed by atoms with van der Waals surface area (Å²) in [5.41, 5.74) is 0. The molecule has 0 aromatic rings. The van der Waals surface area contributed by atoms with Gasteiger partial charge in [-0.2, -0.15) is 0 Å². The largest absolute Gasteiger partial charge is 0.467 e. The van der Waals surface area contributed by atoms with Crippen LogP contribution >= 0.6 is 0 Å². The number of carbonyl (C=O) groups is 2. The second-order valence-corrected chi connectivity index (χ2v) is 2.11. The number of ether oxygens (including phenoxy) is 2. The summed E-state index contributed by atoms with van der Waals surface area (Å²) in [7, 11) is 1.27. The van der Waals surface area contributed by atoms with Crippen LogP contribution in [-0.2, 0) is 19.1 Å². The van der Waals surface area contributed by atoms with Crippen LogP contribution < -0.4 is 5.32 Å². The summed E-state index contributed by atoms with van der Waals surface area (Å²) in [6.07, 6.45) is 2.97. The van der Waals surface area contributed by atoms with Crippen molar-refractivity contribution in [2.75, 3.05) is 20.4 Å². The molecule has 0 aliphatic heterocycles. The Kier molecular flexibility index (Phi) is 6.53. The molecule has 0 saturated carbocycles. The zero-order chi connectivity index (χ0) is 10.1. The fraction of sp³-hybridized carbons (Fsp3) is 0.500. The number of hydrogen-bond donors (Lipinski definition) is 1. The quantitative estimate of drug-likeness (QED) is 0.281. The van der Waals surface area contributed by atoms with E-state index in [0.717, 1.165) is 0 Å². The Bertz CT molecular complexity index is 200. The molecule has 0 aromatic heterocycles. The Morgan fingerprint density at radius 2 is 2.15 bits per heavy atom. The van der Waals surface area contributed by atoms with Gasteiger partial charge in [0.2, 0.25) is 5.91 Å². The fourth-order valence-corrected chi connectivity index (χ4v) is 0.526. The molecule has 74 valence electrons. The Morgan fingerprint density at radius 3 is 2.69 bits per heavy atom. The average Bonchev–Trinajstić information content (AvgIpc) is 2.12. The molecule has 0 bridgehead atoms. The molecule has 0 aliphatic rings. The van der Waals surface area contributed by atoms with Crippen molar-refractivity contribution in [1.29, 1.82) is 0 Å². The topological polar surface area (TPSA) is 64.6 Å². The summed E-state index contributed by atoms with van der Waals surface area (Å²) in [4.78, 5) is 21.3. The molecule has 0 saturated heterocycles. The predicted molar refractivity (Wildman–Crippen MR) is 45.8 cm³/mol. The van der Waals surface area contributed by atoms with Crippen LogP contribution in [0.5, 0.6) is 0 Å². The van der Waals surface area contributed by atoms with Crippen molar-refractivity contribution in [1.82, 2.24) is 5.32 Å². The molecule has 0 fully saturated rings. The van der Waals surface area contributed by atoms with Crippen LogP contribution in [0.3, 0.4) is 0 Å². The third kappa shape index (κ3) is 7.02. The molecular weight excluding hydrogens is 174 g/mol. The number of carbonyl (C=O) groups excluding carboxylic acids is 2. The van der Waals surface area contributed by atoms with Gasteiger partial charge in [-0.25, -0.2) is 4.79 Å². The molecule has 1 N–H and O–H groups in total. The van der Waals surface area contributed by atoms with Gasteiger partial charge >= 0.3 is 5.97 Å². The minimum Gasteiger partial charge on any atom is -0.467 e. The second kappa shape index (κ2) is 7.30. The first-order valence-electron chi connectivity index (χ1n) is 3.75. The average molecular weight is 187 g/mol. The number of rotatable bonds is 5. The molecule has 5 heteroatoms. The highest BCUT2D eigenvalue weighted by molar-refractivity contribution is 5.87. The highest BCUT2D eigenvalue weighted by Gasteiger charge is 1.99. The van der Waals surface area contributed by atoms with Crippen LogP contribution in [0.25, 0.3) is 0 Å². The lowest BCUT2D eigenvalue weighted by molar-refractivity contribution is -0.146. The van der Waals surface area contributed by atoms with Gasteiger partial charge in [-0.05, 0) is 13.0 Å². The van der Waals surface area contributed by atoms with Gasteiger partial charge in [0, 0.05) is 0 Å². The maximum atomic E-state index is 10.8. The predicted octanol–water partition coefficient (Wildman–Crippen LogP) is -0.174. The zero-order valence-corrected chi connectivity index (χ0v) is 7.70.